The van der Waals surface area contributed by atoms with Crippen LogP contribution < -0.4 is 0 Å². The normalized spacial score (nSPS) is 7.62. The van der Waals surface area contributed by atoms with Gasteiger partial charge in [0.05, 0.1) is 0 Å². The Balaban J connectivity index is 0.000000490. The van der Waals surface area contributed by atoms with Crippen molar-refractivity contribution in [3.8, 4) is 0 Å². The molecule has 8 heavy (non-hydrogen) atoms. The van der Waals surface area contributed by atoms with Gasteiger partial charge in [-0.25, -0.2) is 0 Å². The summed E-state index contributed by atoms with van der Waals surface area (Å²) in [5.41, 5.74) is 0. The number of rotatable bonds is 0. The van der Waals surface area contributed by atoms with Crippen LogP contribution in [0.1, 0.15) is 0 Å². The fourth-order valence-electron chi connectivity index (χ4n) is 0.334. The molecule has 0 saturated carbocycles. The smallest absolute Gasteiger partial charge is 0.0279 e. The van der Waals surface area contributed by atoms with Gasteiger partial charge in [-0.1, -0.05) is 15.9 Å². The first-order chi connectivity index (χ1) is 3.39. The third-order valence-corrected chi connectivity index (χ3v) is 1.17. The monoisotopic (exact) mass is 168 g/mol. The molecule has 0 atom stereocenters. The third-order valence-electron chi connectivity index (χ3n) is 0.640. The molecule has 0 unspecified atom stereocenters. The van der Waals surface area contributed by atoms with Gasteiger partial charge >= 0.3 is 0 Å². The Morgan fingerprint density at radius 2 is 1.75 bits per heavy atom. The maximum atomic E-state index is 3.82. The van der Waals surface area contributed by atoms with Crippen molar-refractivity contribution >= 4 is 24.3 Å². The summed E-state index contributed by atoms with van der Waals surface area (Å²) in [4.78, 5) is 3.82. The molecule has 1 nitrogen and oxygen atoms in total. The second-order valence-corrected chi connectivity index (χ2v) is 2.08. The van der Waals surface area contributed by atoms with Crippen LogP contribution >= 0.6 is 15.9 Å². The molecule has 0 N–H and O–H groups in total. The van der Waals surface area contributed by atoms with Crippen LogP contribution in [0.15, 0.2) is 29.0 Å². The molecule has 3 heteroatoms. The molecule has 0 aliphatic heterocycles. The van der Waals surface area contributed by atoms with E-state index in [0.717, 1.165) is 4.47 Å². The van der Waals surface area contributed by atoms with Gasteiger partial charge in [-0.2, -0.15) is 0 Å². The molecule has 0 bridgehead atoms. The van der Waals surface area contributed by atoms with Crippen molar-refractivity contribution in [1.82, 2.24) is 4.98 Å². The van der Waals surface area contributed by atoms with Crippen molar-refractivity contribution in [3.63, 3.8) is 0 Å². The highest BCUT2D eigenvalue weighted by Crippen LogP contribution is 2.03. The van der Waals surface area contributed by atoms with E-state index in [0.29, 0.717) is 0 Å². The Morgan fingerprint density at radius 1 is 1.25 bits per heavy atom. The molecule has 0 fully saturated rings. The standard InChI is InChI=1S/C5H4BrN.B/c6-5-1-3-7-4-2-5;/h1-4H;. The Morgan fingerprint density at radius 3 is 2.00 bits per heavy atom. The Hall–Kier alpha value is -0.305. The minimum absolute atomic E-state index is 0. The van der Waals surface area contributed by atoms with Gasteiger partial charge in [0.2, 0.25) is 0 Å². The van der Waals surface area contributed by atoms with E-state index in [1.807, 2.05) is 12.1 Å². The molecular formula is C5H4BBrN. The lowest BCUT2D eigenvalue weighted by atomic mass is 10.5. The summed E-state index contributed by atoms with van der Waals surface area (Å²) in [5.74, 6) is 0. The van der Waals surface area contributed by atoms with Gasteiger partial charge in [0, 0.05) is 25.3 Å². The molecule has 1 aromatic rings. The van der Waals surface area contributed by atoms with Gasteiger partial charge in [-0.15, -0.1) is 0 Å². The van der Waals surface area contributed by atoms with Gasteiger partial charge in [0.15, 0.2) is 0 Å². The number of halogens is 1. The number of pyridine rings is 1. The van der Waals surface area contributed by atoms with Crippen molar-refractivity contribution in [2.24, 2.45) is 0 Å². The summed E-state index contributed by atoms with van der Waals surface area (Å²) in [6, 6.07) is 3.78. The average Bonchev–Trinajstić information content (AvgIpc) is 1.69. The highest BCUT2D eigenvalue weighted by molar-refractivity contribution is 9.10. The van der Waals surface area contributed by atoms with Crippen molar-refractivity contribution in [1.29, 1.82) is 0 Å². The molecule has 3 radical (unpaired) electrons. The summed E-state index contributed by atoms with van der Waals surface area (Å²) < 4.78 is 1.07. The van der Waals surface area contributed by atoms with E-state index in [1.54, 1.807) is 12.4 Å². The summed E-state index contributed by atoms with van der Waals surface area (Å²) in [5, 5.41) is 0. The molecule has 39 valence electrons. The number of nitrogens with zero attached hydrogens (tertiary/aromatic N) is 1. The van der Waals surface area contributed by atoms with Crippen LogP contribution in [0.3, 0.4) is 0 Å². The van der Waals surface area contributed by atoms with Crippen LogP contribution in [-0.4, -0.2) is 13.4 Å². The predicted molar refractivity (Wildman–Crippen MR) is 37.7 cm³/mol. The number of hydrogen-bond donors (Lipinski definition) is 0. The van der Waals surface area contributed by atoms with E-state index in [1.165, 1.54) is 0 Å². The first-order valence-electron chi connectivity index (χ1n) is 1.95. The highest BCUT2D eigenvalue weighted by atomic mass is 79.9. The molecule has 1 rings (SSSR count). The van der Waals surface area contributed by atoms with Gasteiger partial charge in [-0.05, 0) is 12.1 Å². The molecule has 0 aliphatic rings. The highest BCUT2D eigenvalue weighted by Gasteiger charge is 1.75. The molecule has 1 aromatic heterocycles. The number of aromatic nitrogens is 1. The lowest BCUT2D eigenvalue weighted by Gasteiger charge is -1.80. The van der Waals surface area contributed by atoms with Crippen LogP contribution in [-0.2, 0) is 0 Å². The van der Waals surface area contributed by atoms with Crippen LogP contribution in [0.4, 0.5) is 0 Å². The topological polar surface area (TPSA) is 12.9 Å². The molecule has 0 aromatic carbocycles. The van der Waals surface area contributed by atoms with E-state index >= 15 is 0 Å². The van der Waals surface area contributed by atoms with Crippen LogP contribution in [0.5, 0.6) is 0 Å². The second kappa shape index (κ2) is 3.67. The van der Waals surface area contributed by atoms with E-state index in [4.69, 9.17) is 0 Å². The van der Waals surface area contributed by atoms with Gasteiger partial charge in [-0.3, -0.25) is 4.98 Å². The fraction of sp³-hybridized carbons (Fsp3) is 0. The SMILES string of the molecule is Brc1ccncc1.[B]. The van der Waals surface area contributed by atoms with Crippen molar-refractivity contribution < 1.29 is 0 Å². The van der Waals surface area contributed by atoms with E-state index in [9.17, 15) is 0 Å². The lowest BCUT2D eigenvalue weighted by Crippen LogP contribution is -1.63. The van der Waals surface area contributed by atoms with Gasteiger partial charge in [0.25, 0.3) is 0 Å². The maximum Gasteiger partial charge on any atom is 0.0279 e. The van der Waals surface area contributed by atoms with E-state index in [-0.39, 0.29) is 8.41 Å². The van der Waals surface area contributed by atoms with Crippen LogP contribution in [0, 0.1) is 0 Å². The summed E-state index contributed by atoms with van der Waals surface area (Å²) in [6.07, 6.45) is 3.48. The summed E-state index contributed by atoms with van der Waals surface area (Å²) in [7, 11) is 0. The Bertz CT molecular complexity index is 142. The quantitative estimate of drug-likeness (QED) is 0.535. The predicted octanol–water partition coefficient (Wildman–Crippen LogP) is 1.46. The van der Waals surface area contributed by atoms with E-state index < -0.39 is 0 Å². The third kappa shape index (κ3) is 2.12. The Labute approximate surface area is 58.8 Å². The zero-order valence-electron chi connectivity index (χ0n) is 4.21. The minimum Gasteiger partial charge on any atom is -0.265 e. The molecule has 0 saturated heterocycles. The molecule has 1 heterocycles. The lowest BCUT2D eigenvalue weighted by molar-refractivity contribution is 1.32. The van der Waals surface area contributed by atoms with Crippen molar-refractivity contribution in [2.45, 2.75) is 0 Å². The first-order valence-corrected chi connectivity index (χ1v) is 2.74. The maximum absolute atomic E-state index is 3.82. The van der Waals surface area contributed by atoms with Crippen LogP contribution in [0.25, 0.3) is 0 Å². The fourth-order valence-corrected chi connectivity index (χ4v) is 0.570. The molecule has 0 amide bonds. The molecule has 0 aliphatic carbocycles. The van der Waals surface area contributed by atoms with Crippen molar-refractivity contribution in [2.75, 3.05) is 0 Å². The zero-order valence-corrected chi connectivity index (χ0v) is 5.80. The van der Waals surface area contributed by atoms with Crippen LogP contribution in [0.2, 0.25) is 0 Å². The summed E-state index contributed by atoms with van der Waals surface area (Å²) in [6.45, 7) is 0. The average molecular weight is 169 g/mol. The zero-order chi connectivity index (χ0) is 5.11. The largest absolute Gasteiger partial charge is 0.265 e. The van der Waals surface area contributed by atoms with Crippen molar-refractivity contribution in [3.05, 3.63) is 29.0 Å². The summed E-state index contributed by atoms with van der Waals surface area (Å²) >= 11 is 3.27. The number of hydrogen-bond acceptors (Lipinski definition) is 1. The van der Waals surface area contributed by atoms with Gasteiger partial charge < -0.3 is 0 Å². The first kappa shape index (κ1) is 7.69. The second-order valence-electron chi connectivity index (χ2n) is 1.17. The minimum atomic E-state index is 0. The Kier molecular flexibility index (Phi) is 3.53. The molecule has 0 spiro atoms. The van der Waals surface area contributed by atoms with Gasteiger partial charge in [0.1, 0.15) is 0 Å². The van der Waals surface area contributed by atoms with E-state index in [2.05, 4.69) is 20.9 Å². The molecular weight excluding hydrogens is 165 g/mol.